The number of carbonyl (C=O) groups excluding carboxylic acids is 2. The van der Waals surface area contributed by atoms with Crippen molar-refractivity contribution in [2.75, 3.05) is 13.6 Å². The summed E-state index contributed by atoms with van der Waals surface area (Å²) in [5, 5.41) is 10.4. The molecule has 0 saturated carbocycles. The number of primary amides is 1. The Bertz CT molecular complexity index is 1170. The fourth-order valence-corrected chi connectivity index (χ4v) is 3.18. The van der Waals surface area contributed by atoms with Crippen LogP contribution in [0.4, 0.5) is 0 Å². The molecule has 1 aromatic carbocycles. The maximum atomic E-state index is 12.1. The Kier molecular flexibility index (Phi) is 4.09. The third kappa shape index (κ3) is 2.88. The molecule has 140 valence electrons. The second-order valence-electron chi connectivity index (χ2n) is 6.63. The Hall–Kier alpha value is -3.70. The van der Waals surface area contributed by atoms with Gasteiger partial charge in [0.2, 0.25) is 11.4 Å². The van der Waals surface area contributed by atoms with E-state index in [4.69, 9.17) is 5.73 Å². The van der Waals surface area contributed by atoms with Crippen molar-refractivity contribution in [3.05, 3.63) is 54.1 Å². The predicted molar refractivity (Wildman–Crippen MR) is 101 cm³/mol. The highest BCUT2D eigenvalue weighted by atomic mass is 16.3. The average Bonchev–Trinajstić information content (AvgIpc) is 3.21. The molecule has 3 aromatic rings. The minimum absolute atomic E-state index is 0.0866. The fourth-order valence-electron chi connectivity index (χ4n) is 3.18. The summed E-state index contributed by atoms with van der Waals surface area (Å²) in [4.78, 5) is 33.8. The van der Waals surface area contributed by atoms with E-state index in [9.17, 15) is 14.7 Å². The first kappa shape index (κ1) is 17.7. The van der Waals surface area contributed by atoms with Crippen LogP contribution in [0.15, 0.2) is 42.7 Å². The van der Waals surface area contributed by atoms with Gasteiger partial charge in [0.05, 0.1) is 0 Å². The van der Waals surface area contributed by atoms with Gasteiger partial charge in [0.15, 0.2) is 5.65 Å². The molecule has 1 aliphatic rings. The summed E-state index contributed by atoms with van der Waals surface area (Å²) in [7, 11) is 1.63. The van der Waals surface area contributed by atoms with E-state index in [0.29, 0.717) is 29.0 Å². The van der Waals surface area contributed by atoms with Crippen molar-refractivity contribution in [1.29, 1.82) is 0 Å². The molecular weight excluding hydrogens is 358 g/mol. The smallest absolute Gasteiger partial charge is 0.285 e. The van der Waals surface area contributed by atoms with E-state index in [0.717, 1.165) is 0 Å². The van der Waals surface area contributed by atoms with E-state index < -0.39 is 17.4 Å². The number of nitrogens with zero attached hydrogens (tertiary/aromatic N) is 4. The summed E-state index contributed by atoms with van der Waals surface area (Å²) in [5.41, 5.74) is 6.04. The molecule has 3 N–H and O–H groups in total. The van der Waals surface area contributed by atoms with Crippen molar-refractivity contribution in [3.8, 4) is 23.1 Å². The molecule has 0 bridgehead atoms. The van der Waals surface area contributed by atoms with Crippen molar-refractivity contribution >= 4 is 17.5 Å². The molecule has 8 nitrogen and oxygen atoms in total. The van der Waals surface area contributed by atoms with Crippen LogP contribution in [0.1, 0.15) is 22.6 Å². The molecule has 0 spiro atoms. The van der Waals surface area contributed by atoms with Crippen LogP contribution in [-0.4, -0.2) is 55.4 Å². The number of aromatic nitrogens is 3. The van der Waals surface area contributed by atoms with Crippen LogP contribution in [0.5, 0.6) is 0 Å². The summed E-state index contributed by atoms with van der Waals surface area (Å²) in [5.74, 6) is 4.60. The molecule has 0 aliphatic carbocycles. The number of hydrogen-bond acceptors (Lipinski definition) is 5. The third-order valence-electron chi connectivity index (χ3n) is 4.68. The Morgan fingerprint density at radius 1 is 1.36 bits per heavy atom. The van der Waals surface area contributed by atoms with Gasteiger partial charge >= 0.3 is 0 Å². The van der Waals surface area contributed by atoms with E-state index in [-0.39, 0.29) is 12.2 Å². The van der Waals surface area contributed by atoms with Crippen LogP contribution in [-0.2, 0) is 4.79 Å². The Morgan fingerprint density at radius 3 is 2.89 bits per heavy atom. The van der Waals surface area contributed by atoms with Crippen LogP contribution in [0.2, 0.25) is 0 Å². The first-order valence-corrected chi connectivity index (χ1v) is 8.63. The molecular formula is C20H17N5O3. The first-order chi connectivity index (χ1) is 13.4. The molecule has 4 rings (SSSR count). The summed E-state index contributed by atoms with van der Waals surface area (Å²) in [6, 6.07) is 8.81. The van der Waals surface area contributed by atoms with Crippen LogP contribution < -0.4 is 5.73 Å². The number of nitrogens with two attached hydrogens (primary N) is 1. The molecule has 3 heterocycles. The second kappa shape index (κ2) is 6.48. The van der Waals surface area contributed by atoms with Crippen LogP contribution in [0.25, 0.3) is 16.9 Å². The Balaban J connectivity index is 1.76. The van der Waals surface area contributed by atoms with Gasteiger partial charge in [0.25, 0.3) is 11.8 Å². The number of hydrogen-bond donors (Lipinski definition) is 2. The van der Waals surface area contributed by atoms with E-state index in [1.807, 2.05) is 6.07 Å². The summed E-state index contributed by atoms with van der Waals surface area (Å²) >= 11 is 0. The number of likely N-dealkylation sites (N-methyl/N-ethyl adjacent to an activating group) is 1. The standard InChI is InChI=1S/C20H17N5O3/c1-24-11-8-20(28,19(24)27)7-6-13-4-2-5-14(12-13)15-17-22-9-3-10-25(17)18(23-15)16(21)26/h2-5,9-10,12,28H,8,11H2,1H3,(H2,21,26)/t20-/m0/s1. The lowest BCUT2D eigenvalue weighted by Crippen LogP contribution is -2.37. The van der Waals surface area contributed by atoms with Crippen molar-refractivity contribution < 1.29 is 14.7 Å². The predicted octanol–water partition coefficient (Wildman–Crippen LogP) is 0.440. The molecule has 1 aliphatic heterocycles. The van der Waals surface area contributed by atoms with Gasteiger partial charge in [-0.15, -0.1) is 0 Å². The lowest BCUT2D eigenvalue weighted by Gasteiger charge is -2.13. The van der Waals surface area contributed by atoms with E-state index in [1.165, 1.54) is 9.30 Å². The van der Waals surface area contributed by atoms with Crippen molar-refractivity contribution in [2.45, 2.75) is 12.0 Å². The van der Waals surface area contributed by atoms with E-state index in [2.05, 4.69) is 21.8 Å². The molecule has 1 saturated heterocycles. The number of rotatable bonds is 2. The average molecular weight is 375 g/mol. The van der Waals surface area contributed by atoms with Gasteiger partial charge in [-0.25, -0.2) is 9.97 Å². The maximum absolute atomic E-state index is 12.1. The normalized spacial score (nSPS) is 18.9. The Labute approximate surface area is 160 Å². The fraction of sp³-hybridized carbons (Fsp3) is 0.200. The number of imidazole rings is 1. The van der Waals surface area contributed by atoms with Gasteiger partial charge < -0.3 is 15.7 Å². The zero-order valence-corrected chi connectivity index (χ0v) is 15.1. The van der Waals surface area contributed by atoms with Crippen molar-refractivity contribution in [2.24, 2.45) is 5.73 Å². The van der Waals surface area contributed by atoms with Crippen LogP contribution in [0, 0.1) is 11.8 Å². The number of aliphatic hydroxyl groups is 1. The monoisotopic (exact) mass is 375 g/mol. The number of fused-ring (bicyclic) bond motifs is 1. The SMILES string of the molecule is CN1CC[C@@](O)(C#Cc2cccc(-c3nc(C(N)=O)n4cccnc34)c2)C1=O. The zero-order valence-electron chi connectivity index (χ0n) is 15.1. The van der Waals surface area contributed by atoms with Gasteiger partial charge in [-0.1, -0.05) is 24.0 Å². The molecule has 0 unspecified atom stereocenters. The zero-order chi connectivity index (χ0) is 19.9. The molecule has 1 atom stereocenters. The van der Waals surface area contributed by atoms with Gasteiger partial charge in [-0.2, -0.15) is 0 Å². The van der Waals surface area contributed by atoms with E-state index >= 15 is 0 Å². The van der Waals surface area contributed by atoms with Gasteiger partial charge in [0.1, 0.15) is 5.69 Å². The van der Waals surface area contributed by atoms with Gasteiger partial charge in [0, 0.05) is 43.5 Å². The topological polar surface area (TPSA) is 114 Å². The first-order valence-electron chi connectivity index (χ1n) is 8.63. The second-order valence-corrected chi connectivity index (χ2v) is 6.63. The highest BCUT2D eigenvalue weighted by Crippen LogP contribution is 2.25. The molecule has 28 heavy (non-hydrogen) atoms. The molecule has 2 amide bonds. The summed E-state index contributed by atoms with van der Waals surface area (Å²) in [6.07, 6.45) is 3.54. The van der Waals surface area contributed by atoms with E-state index in [1.54, 1.807) is 43.7 Å². The number of benzene rings is 1. The highest BCUT2D eigenvalue weighted by Gasteiger charge is 2.42. The van der Waals surface area contributed by atoms with Crippen LogP contribution in [0.3, 0.4) is 0 Å². The third-order valence-corrected chi connectivity index (χ3v) is 4.68. The minimum Gasteiger partial charge on any atom is -0.369 e. The highest BCUT2D eigenvalue weighted by molar-refractivity contribution is 5.93. The molecule has 0 radical (unpaired) electrons. The maximum Gasteiger partial charge on any atom is 0.285 e. The van der Waals surface area contributed by atoms with Gasteiger partial charge in [-0.05, 0) is 18.2 Å². The largest absolute Gasteiger partial charge is 0.369 e. The van der Waals surface area contributed by atoms with Crippen molar-refractivity contribution in [3.63, 3.8) is 0 Å². The lowest BCUT2D eigenvalue weighted by molar-refractivity contribution is -0.137. The van der Waals surface area contributed by atoms with Crippen molar-refractivity contribution in [1.82, 2.24) is 19.3 Å². The number of carbonyl (C=O) groups is 2. The molecule has 2 aromatic heterocycles. The van der Waals surface area contributed by atoms with Crippen LogP contribution >= 0.6 is 0 Å². The number of amides is 2. The summed E-state index contributed by atoms with van der Waals surface area (Å²) < 4.78 is 1.53. The quantitative estimate of drug-likeness (QED) is 0.631. The molecule has 1 fully saturated rings. The molecule has 8 heteroatoms. The summed E-state index contributed by atoms with van der Waals surface area (Å²) in [6.45, 7) is 0.465. The Morgan fingerprint density at radius 2 is 2.18 bits per heavy atom. The lowest BCUT2D eigenvalue weighted by atomic mass is 10.0. The number of likely N-dealkylation sites (tertiary alicyclic amines) is 1. The minimum atomic E-state index is -1.66. The van der Waals surface area contributed by atoms with Gasteiger partial charge in [-0.3, -0.25) is 14.0 Å².